The van der Waals surface area contributed by atoms with Crippen molar-refractivity contribution in [1.29, 1.82) is 0 Å². The minimum Gasteiger partial charge on any atom is -0.478 e. The number of hydrogen-bond donors (Lipinski definition) is 2. The minimum atomic E-state index is -1.08. The van der Waals surface area contributed by atoms with Gasteiger partial charge in [0.15, 0.2) is 5.11 Å². The van der Waals surface area contributed by atoms with Gasteiger partial charge < -0.3 is 9.67 Å². The van der Waals surface area contributed by atoms with E-state index in [-0.39, 0.29) is 16.2 Å². The highest BCUT2D eigenvalue weighted by molar-refractivity contribution is 14.1. The zero-order valence-corrected chi connectivity index (χ0v) is 20.6. The van der Waals surface area contributed by atoms with Crippen LogP contribution in [-0.2, 0) is 9.59 Å². The molecule has 2 N–H and O–H groups in total. The van der Waals surface area contributed by atoms with E-state index < -0.39 is 17.8 Å². The molecule has 2 amide bonds. The summed E-state index contributed by atoms with van der Waals surface area (Å²) in [6.45, 7) is 3.89. The minimum absolute atomic E-state index is 0.0606. The number of carboxylic acid groups (broad SMARTS) is 1. The number of carboxylic acids is 1. The van der Waals surface area contributed by atoms with Crippen molar-refractivity contribution in [3.8, 4) is 5.69 Å². The number of nitrogens with zero attached hydrogens (tertiary/aromatic N) is 2. The number of anilines is 1. The molecule has 0 aliphatic carbocycles. The zero-order chi connectivity index (χ0) is 23.9. The Kier molecular flexibility index (Phi) is 6.17. The van der Waals surface area contributed by atoms with Crippen LogP contribution in [0, 0.1) is 17.4 Å². The first-order chi connectivity index (χ1) is 15.7. The van der Waals surface area contributed by atoms with E-state index in [2.05, 4.69) is 38.5 Å². The van der Waals surface area contributed by atoms with E-state index in [9.17, 15) is 14.4 Å². The number of aromatic nitrogens is 1. The first kappa shape index (κ1) is 22.9. The summed E-state index contributed by atoms with van der Waals surface area (Å²) in [5.41, 5.74) is 3.95. The van der Waals surface area contributed by atoms with Gasteiger partial charge in [-0.15, -0.1) is 0 Å². The van der Waals surface area contributed by atoms with Crippen molar-refractivity contribution in [2.75, 3.05) is 4.90 Å². The Morgan fingerprint density at radius 1 is 1.06 bits per heavy atom. The second-order valence-electron chi connectivity index (χ2n) is 7.45. The third-order valence-corrected chi connectivity index (χ3v) is 6.27. The maximum atomic E-state index is 13.3. The molecule has 3 aromatic rings. The summed E-state index contributed by atoms with van der Waals surface area (Å²) in [4.78, 5) is 38.2. The van der Waals surface area contributed by atoms with E-state index in [1.54, 1.807) is 6.08 Å². The van der Waals surface area contributed by atoms with Crippen LogP contribution in [0.5, 0.6) is 0 Å². The van der Waals surface area contributed by atoms with Gasteiger partial charge in [0.1, 0.15) is 5.57 Å². The molecule has 1 aliphatic heterocycles. The predicted molar refractivity (Wildman–Crippen MR) is 138 cm³/mol. The SMILES string of the molecule is Cc1cc(/C=C2\C(=O)NC(=S)N(c3ccc(C(=O)O)cc3)C2=O)c(C)n1-c1cccc(I)c1. The number of benzene rings is 2. The van der Waals surface area contributed by atoms with Crippen LogP contribution >= 0.6 is 34.8 Å². The number of carbonyl (C=O) groups excluding carboxylic acids is 2. The number of carbonyl (C=O) groups is 3. The lowest BCUT2D eigenvalue weighted by Gasteiger charge is -2.29. The van der Waals surface area contributed by atoms with Crippen molar-refractivity contribution in [1.82, 2.24) is 9.88 Å². The van der Waals surface area contributed by atoms with Gasteiger partial charge in [0.25, 0.3) is 11.8 Å². The van der Waals surface area contributed by atoms with Gasteiger partial charge in [-0.05, 0) is 109 Å². The van der Waals surface area contributed by atoms with E-state index in [1.807, 2.05) is 38.1 Å². The van der Waals surface area contributed by atoms with Gasteiger partial charge in [0.05, 0.1) is 11.3 Å². The molecule has 2 heterocycles. The fourth-order valence-corrected chi connectivity index (χ4v) is 4.55. The average molecular weight is 571 g/mol. The van der Waals surface area contributed by atoms with Gasteiger partial charge in [0.2, 0.25) is 0 Å². The number of amides is 2. The van der Waals surface area contributed by atoms with E-state index in [0.717, 1.165) is 26.2 Å². The average Bonchev–Trinajstić information content (AvgIpc) is 3.04. The smallest absolute Gasteiger partial charge is 0.335 e. The number of thiocarbonyl (C=S) groups is 1. The Morgan fingerprint density at radius 2 is 1.76 bits per heavy atom. The van der Waals surface area contributed by atoms with E-state index in [4.69, 9.17) is 17.3 Å². The second-order valence-corrected chi connectivity index (χ2v) is 9.08. The summed E-state index contributed by atoms with van der Waals surface area (Å²) >= 11 is 7.47. The third kappa shape index (κ3) is 4.33. The number of hydrogen-bond acceptors (Lipinski definition) is 4. The maximum absolute atomic E-state index is 13.3. The lowest BCUT2D eigenvalue weighted by molar-refractivity contribution is -0.122. The Hall–Kier alpha value is -3.31. The lowest BCUT2D eigenvalue weighted by atomic mass is 10.1. The van der Waals surface area contributed by atoms with Crippen molar-refractivity contribution < 1.29 is 19.5 Å². The molecule has 33 heavy (non-hydrogen) atoms. The largest absolute Gasteiger partial charge is 0.478 e. The van der Waals surface area contributed by atoms with Crippen LogP contribution in [0.2, 0.25) is 0 Å². The Bertz CT molecular complexity index is 1360. The van der Waals surface area contributed by atoms with Crippen LogP contribution in [0.1, 0.15) is 27.3 Å². The molecule has 0 bridgehead atoms. The van der Waals surface area contributed by atoms with Gasteiger partial charge in [-0.2, -0.15) is 0 Å². The summed E-state index contributed by atoms with van der Waals surface area (Å²) in [7, 11) is 0. The zero-order valence-electron chi connectivity index (χ0n) is 17.6. The molecular weight excluding hydrogens is 553 g/mol. The standard InChI is InChI=1S/C24H18IN3O4S/c1-13-10-16(14(2)27(13)19-5-3-4-17(25)12-19)11-20-21(29)26-24(33)28(22(20)30)18-8-6-15(7-9-18)23(31)32/h3-12H,1-2H3,(H,31,32)(H,26,29,33)/b20-11+. The second kappa shape index (κ2) is 8.91. The molecule has 0 atom stereocenters. The molecule has 166 valence electrons. The highest BCUT2D eigenvalue weighted by Gasteiger charge is 2.34. The van der Waals surface area contributed by atoms with Gasteiger partial charge >= 0.3 is 5.97 Å². The molecule has 0 saturated carbocycles. The van der Waals surface area contributed by atoms with Crippen LogP contribution in [0.25, 0.3) is 11.8 Å². The molecular formula is C24H18IN3O4S. The Labute approximate surface area is 208 Å². The lowest BCUT2D eigenvalue weighted by Crippen LogP contribution is -2.54. The van der Waals surface area contributed by atoms with Crippen LogP contribution < -0.4 is 10.2 Å². The molecule has 9 heteroatoms. The highest BCUT2D eigenvalue weighted by Crippen LogP contribution is 2.27. The van der Waals surface area contributed by atoms with E-state index >= 15 is 0 Å². The van der Waals surface area contributed by atoms with Gasteiger partial charge in [0, 0.05) is 20.6 Å². The van der Waals surface area contributed by atoms with Gasteiger partial charge in [-0.25, -0.2) is 4.79 Å². The molecule has 1 fully saturated rings. The fourth-order valence-electron chi connectivity index (χ4n) is 3.75. The summed E-state index contributed by atoms with van der Waals surface area (Å²) in [5.74, 6) is -2.24. The molecule has 2 aromatic carbocycles. The van der Waals surface area contributed by atoms with Crippen LogP contribution in [0.4, 0.5) is 5.69 Å². The summed E-state index contributed by atoms with van der Waals surface area (Å²) < 4.78 is 3.16. The quantitative estimate of drug-likeness (QED) is 0.212. The van der Waals surface area contributed by atoms with Crippen LogP contribution in [-0.4, -0.2) is 32.6 Å². The summed E-state index contributed by atoms with van der Waals surface area (Å²) in [6.07, 6.45) is 1.56. The van der Waals surface area contributed by atoms with Crippen molar-refractivity contribution >= 4 is 69.5 Å². The molecule has 0 radical (unpaired) electrons. The first-order valence-corrected chi connectivity index (χ1v) is 11.4. The molecule has 4 rings (SSSR count). The number of rotatable bonds is 4. The Balaban J connectivity index is 1.74. The molecule has 1 aromatic heterocycles. The number of aryl methyl sites for hydroxylation is 1. The van der Waals surface area contributed by atoms with Crippen molar-refractivity contribution in [3.05, 3.63) is 86.3 Å². The normalized spacial score (nSPS) is 15.2. The maximum Gasteiger partial charge on any atom is 0.335 e. The van der Waals surface area contributed by atoms with Crippen LogP contribution in [0.15, 0.2) is 60.2 Å². The van der Waals surface area contributed by atoms with Gasteiger partial charge in [-0.3, -0.25) is 19.8 Å². The van der Waals surface area contributed by atoms with Gasteiger partial charge in [-0.1, -0.05) is 6.07 Å². The van der Waals surface area contributed by atoms with Crippen molar-refractivity contribution in [3.63, 3.8) is 0 Å². The monoisotopic (exact) mass is 571 g/mol. The first-order valence-electron chi connectivity index (χ1n) is 9.87. The topological polar surface area (TPSA) is 91.6 Å². The molecule has 1 aliphatic rings. The van der Waals surface area contributed by atoms with Crippen LogP contribution in [0.3, 0.4) is 0 Å². The van der Waals surface area contributed by atoms with Crippen molar-refractivity contribution in [2.45, 2.75) is 13.8 Å². The number of halogens is 1. The van der Waals surface area contributed by atoms with Crippen molar-refractivity contribution in [2.24, 2.45) is 0 Å². The molecule has 0 unspecified atom stereocenters. The number of aromatic carboxylic acids is 1. The van der Waals surface area contributed by atoms with E-state index in [1.165, 1.54) is 29.2 Å². The third-order valence-electron chi connectivity index (χ3n) is 5.31. The van der Waals surface area contributed by atoms with E-state index in [0.29, 0.717) is 5.69 Å². The predicted octanol–water partition coefficient (Wildman–Crippen LogP) is 4.23. The summed E-state index contributed by atoms with van der Waals surface area (Å²) in [6, 6.07) is 15.7. The number of nitrogens with one attached hydrogen (secondary N) is 1. The molecule has 1 saturated heterocycles. The fraction of sp³-hybridized carbons (Fsp3) is 0.0833. The molecule has 7 nitrogen and oxygen atoms in total. The highest BCUT2D eigenvalue weighted by atomic mass is 127. The Morgan fingerprint density at radius 3 is 2.39 bits per heavy atom. The molecule has 0 spiro atoms. The summed E-state index contributed by atoms with van der Waals surface area (Å²) in [5, 5.41) is 11.6.